The first kappa shape index (κ1) is 17.3. The minimum absolute atomic E-state index is 0.268. The molecule has 2 aromatic rings. The number of ether oxygens (including phenoxy) is 2. The summed E-state index contributed by atoms with van der Waals surface area (Å²) in [6.45, 7) is 5.42. The van der Waals surface area contributed by atoms with E-state index < -0.39 is 6.10 Å². The molecule has 0 aliphatic carbocycles. The molecule has 2 rings (SSSR count). The van der Waals surface area contributed by atoms with Crippen LogP contribution in [0, 0.1) is 0 Å². The lowest BCUT2D eigenvalue weighted by molar-refractivity contribution is 0.104. The third-order valence-electron chi connectivity index (χ3n) is 3.28. The van der Waals surface area contributed by atoms with Crippen LogP contribution >= 0.6 is 0 Å². The van der Waals surface area contributed by atoms with Crippen molar-refractivity contribution in [3.63, 3.8) is 0 Å². The van der Waals surface area contributed by atoms with Gasteiger partial charge in [0.25, 0.3) is 0 Å². The van der Waals surface area contributed by atoms with E-state index in [1.54, 1.807) is 0 Å². The molecule has 23 heavy (non-hydrogen) atoms. The van der Waals surface area contributed by atoms with Gasteiger partial charge >= 0.3 is 0 Å². The van der Waals surface area contributed by atoms with Crippen LogP contribution < -0.4 is 14.8 Å². The van der Waals surface area contributed by atoms with Gasteiger partial charge in [-0.1, -0.05) is 44.2 Å². The van der Waals surface area contributed by atoms with Crippen molar-refractivity contribution >= 4 is 0 Å². The number of hydrogen-bond acceptors (Lipinski definition) is 4. The van der Waals surface area contributed by atoms with Crippen LogP contribution in [-0.4, -0.2) is 30.4 Å². The minimum Gasteiger partial charge on any atom is -0.491 e. The largest absolute Gasteiger partial charge is 0.491 e. The Labute approximate surface area is 138 Å². The molecule has 0 amide bonds. The summed E-state index contributed by atoms with van der Waals surface area (Å²) in [5.41, 5.74) is 1.13. The average molecular weight is 315 g/mol. The van der Waals surface area contributed by atoms with Crippen LogP contribution in [-0.2, 0) is 6.61 Å². The number of aliphatic hydroxyl groups excluding tert-OH is 1. The van der Waals surface area contributed by atoms with E-state index in [2.05, 4.69) is 5.32 Å². The molecule has 0 saturated heterocycles. The minimum atomic E-state index is -0.522. The summed E-state index contributed by atoms with van der Waals surface area (Å²) in [4.78, 5) is 0. The highest BCUT2D eigenvalue weighted by Crippen LogP contribution is 2.18. The molecular formula is C19H25NO3. The molecule has 1 atom stereocenters. The van der Waals surface area contributed by atoms with Gasteiger partial charge in [0.2, 0.25) is 0 Å². The topological polar surface area (TPSA) is 50.7 Å². The van der Waals surface area contributed by atoms with E-state index in [9.17, 15) is 5.11 Å². The van der Waals surface area contributed by atoms with E-state index in [1.165, 1.54) is 0 Å². The molecule has 0 aliphatic heterocycles. The van der Waals surface area contributed by atoms with Crippen LogP contribution in [0.4, 0.5) is 0 Å². The highest BCUT2D eigenvalue weighted by Gasteiger charge is 2.06. The van der Waals surface area contributed by atoms with E-state index >= 15 is 0 Å². The van der Waals surface area contributed by atoms with Crippen LogP contribution in [0.2, 0.25) is 0 Å². The Kier molecular flexibility index (Phi) is 6.91. The summed E-state index contributed by atoms with van der Waals surface area (Å²) in [5, 5.41) is 13.0. The van der Waals surface area contributed by atoms with Crippen molar-refractivity contribution in [1.29, 1.82) is 0 Å². The summed E-state index contributed by atoms with van der Waals surface area (Å²) < 4.78 is 11.3. The molecule has 0 aliphatic rings. The quantitative estimate of drug-likeness (QED) is 0.747. The molecule has 0 heterocycles. The maximum Gasteiger partial charge on any atom is 0.120 e. The molecule has 0 saturated carbocycles. The Morgan fingerprint density at radius 2 is 1.52 bits per heavy atom. The summed E-state index contributed by atoms with van der Waals surface area (Å²) in [5.74, 6) is 1.52. The second kappa shape index (κ2) is 9.18. The van der Waals surface area contributed by atoms with Crippen LogP contribution in [0.5, 0.6) is 11.5 Å². The second-order valence-corrected chi connectivity index (χ2v) is 5.77. The Balaban J connectivity index is 1.73. The first-order valence-corrected chi connectivity index (χ1v) is 7.94. The van der Waals surface area contributed by atoms with E-state index in [-0.39, 0.29) is 6.61 Å². The zero-order valence-electron chi connectivity index (χ0n) is 13.7. The predicted octanol–water partition coefficient (Wildman–Crippen LogP) is 3.00. The van der Waals surface area contributed by atoms with Gasteiger partial charge in [-0.2, -0.15) is 0 Å². The molecule has 2 aromatic carbocycles. The molecule has 124 valence electrons. The van der Waals surface area contributed by atoms with Gasteiger partial charge in [-0.3, -0.25) is 0 Å². The highest BCUT2D eigenvalue weighted by molar-refractivity contribution is 5.31. The van der Waals surface area contributed by atoms with Gasteiger partial charge < -0.3 is 19.9 Å². The van der Waals surface area contributed by atoms with Crippen LogP contribution in [0.15, 0.2) is 54.6 Å². The SMILES string of the molecule is CC(C)NC[C@@H](O)COc1ccc(OCc2ccccc2)cc1. The van der Waals surface area contributed by atoms with Crippen molar-refractivity contribution < 1.29 is 14.6 Å². The first-order chi connectivity index (χ1) is 11.1. The Morgan fingerprint density at radius 3 is 2.13 bits per heavy atom. The van der Waals surface area contributed by atoms with Crippen LogP contribution in [0.25, 0.3) is 0 Å². The monoisotopic (exact) mass is 315 g/mol. The fourth-order valence-electron chi connectivity index (χ4n) is 2.00. The van der Waals surface area contributed by atoms with E-state index in [1.807, 2.05) is 68.4 Å². The van der Waals surface area contributed by atoms with Crippen molar-refractivity contribution in [2.45, 2.75) is 32.6 Å². The number of benzene rings is 2. The van der Waals surface area contributed by atoms with Crippen molar-refractivity contribution in [3.05, 3.63) is 60.2 Å². The smallest absolute Gasteiger partial charge is 0.120 e. The summed E-state index contributed by atoms with van der Waals surface area (Å²) >= 11 is 0. The molecule has 0 spiro atoms. The van der Waals surface area contributed by atoms with E-state index in [0.29, 0.717) is 19.2 Å². The maximum absolute atomic E-state index is 9.81. The summed E-state index contributed by atoms with van der Waals surface area (Å²) in [6, 6.07) is 17.8. The third-order valence-corrected chi connectivity index (χ3v) is 3.28. The van der Waals surface area contributed by atoms with Crippen molar-refractivity contribution in [2.75, 3.05) is 13.2 Å². The van der Waals surface area contributed by atoms with E-state index in [4.69, 9.17) is 9.47 Å². The lowest BCUT2D eigenvalue weighted by atomic mass is 10.2. The third kappa shape index (κ3) is 6.72. The van der Waals surface area contributed by atoms with Crippen LogP contribution in [0.3, 0.4) is 0 Å². The van der Waals surface area contributed by atoms with Crippen LogP contribution in [0.1, 0.15) is 19.4 Å². The molecule has 0 unspecified atom stereocenters. The summed E-state index contributed by atoms with van der Waals surface area (Å²) in [6.07, 6.45) is -0.522. The maximum atomic E-state index is 9.81. The number of nitrogens with one attached hydrogen (secondary N) is 1. The lowest BCUT2D eigenvalue weighted by Gasteiger charge is -2.15. The predicted molar refractivity (Wildman–Crippen MR) is 91.9 cm³/mol. The molecule has 4 heteroatoms. The van der Waals surface area contributed by atoms with Gasteiger partial charge in [0.15, 0.2) is 0 Å². The lowest BCUT2D eigenvalue weighted by Crippen LogP contribution is -2.35. The van der Waals surface area contributed by atoms with Gasteiger partial charge in [-0.05, 0) is 29.8 Å². The van der Waals surface area contributed by atoms with Gasteiger partial charge in [-0.25, -0.2) is 0 Å². The van der Waals surface area contributed by atoms with Crippen molar-refractivity contribution in [2.24, 2.45) is 0 Å². The number of hydrogen-bond donors (Lipinski definition) is 2. The molecule has 0 fully saturated rings. The average Bonchev–Trinajstić information content (AvgIpc) is 2.58. The molecule has 0 radical (unpaired) electrons. The van der Waals surface area contributed by atoms with Gasteiger partial charge in [-0.15, -0.1) is 0 Å². The zero-order chi connectivity index (χ0) is 16.5. The van der Waals surface area contributed by atoms with E-state index in [0.717, 1.165) is 17.1 Å². The standard InChI is InChI=1S/C19H25NO3/c1-15(2)20-12-17(21)14-23-19-10-8-18(9-11-19)22-13-16-6-4-3-5-7-16/h3-11,15,17,20-21H,12-14H2,1-2H3/t17-/m1/s1. The second-order valence-electron chi connectivity index (χ2n) is 5.77. The Hall–Kier alpha value is -2.04. The molecule has 4 nitrogen and oxygen atoms in total. The number of aliphatic hydroxyl groups is 1. The van der Waals surface area contributed by atoms with Gasteiger partial charge in [0, 0.05) is 12.6 Å². The molecule has 2 N–H and O–H groups in total. The molecular weight excluding hydrogens is 290 g/mol. The van der Waals surface area contributed by atoms with Gasteiger partial charge in [0.05, 0.1) is 0 Å². The van der Waals surface area contributed by atoms with Gasteiger partial charge in [0.1, 0.15) is 30.8 Å². The van der Waals surface area contributed by atoms with Crippen molar-refractivity contribution in [3.8, 4) is 11.5 Å². The normalized spacial score (nSPS) is 12.2. The Bertz CT molecular complexity index is 555. The molecule has 0 aromatic heterocycles. The van der Waals surface area contributed by atoms with Crippen molar-refractivity contribution in [1.82, 2.24) is 5.32 Å². The fraction of sp³-hybridized carbons (Fsp3) is 0.368. The fourth-order valence-corrected chi connectivity index (χ4v) is 2.00. The Morgan fingerprint density at radius 1 is 0.913 bits per heavy atom. The zero-order valence-corrected chi connectivity index (χ0v) is 13.7. The first-order valence-electron chi connectivity index (χ1n) is 7.94. The number of rotatable bonds is 9. The summed E-state index contributed by atoms with van der Waals surface area (Å²) in [7, 11) is 0. The highest BCUT2D eigenvalue weighted by atomic mass is 16.5. The molecule has 0 bridgehead atoms.